The Morgan fingerprint density at radius 2 is 1.81 bits per heavy atom. The standard InChI is InChI=1S/C17H20FNO2/c1-11-5-7-17(21-3)13(8-11)16(20)10-19-15-6-4-12(2)9-14(15)18/h4-9,16,19-20H,10H2,1-3H3. The highest BCUT2D eigenvalue weighted by Gasteiger charge is 2.14. The molecule has 0 saturated heterocycles. The van der Waals surface area contributed by atoms with E-state index in [-0.39, 0.29) is 12.4 Å². The molecule has 2 aromatic carbocycles. The van der Waals surface area contributed by atoms with Crippen LogP contribution in [0.25, 0.3) is 0 Å². The lowest BCUT2D eigenvalue weighted by molar-refractivity contribution is 0.186. The Kier molecular flexibility index (Phi) is 4.81. The van der Waals surface area contributed by atoms with Crippen molar-refractivity contribution < 1.29 is 14.2 Å². The molecule has 2 aromatic rings. The van der Waals surface area contributed by atoms with Gasteiger partial charge in [0.25, 0.3) is 0 Å². The summed E-state index contributed by atoms with van der Waals surface area (Å²) in [6, 6.07) is 10.6. The van der Waals surface area contributed by atoms with Crippen LogP contribution in [-0.4, -0.2) is 18.8 Å². The monoisotopic (exact) mass is 289 g/mol. The van der Waals surface area contributed by atoms with Crippen molar-refractivity contribution in [3.05, 3.63) is 58.9 Å². The quantitative estimate of drug-likeness (QED) is 0.883. The number of aliphatic hydroxyl groups excluding tert-OH is 1. The zero-order valence-corrected chi connectivity index (χ0v) is 12.5. The Hall–Kier alpha value is -2.07. The molecule has 0 aliphatic rings. The Labute approximate surface area is 124 Å². The Balaban J connectivity index is 2.11. The number of halogens is 1. The van der Waals surface area contributed by atoms with E-state index in [1.54, 1.807) is 13.2 Å². The van der Waals surface area contributed by atoms with Crippen molar-refractivity contribution in [3.63, 3.8) is 0 Å². The second-order valence-electron chi connectivity index (χ2n) is 5.13. The highest BCUT2D eigenvalue weighted by atomic mass is 19.1. The Morgan fingerprint density at radius 1 is 1.14 bits per heavy atom. The van der Waals surface area contributed by atoms with Crippen LogP contribution in [0, 0.1) is 19.7 Å². The fourth-order valence-electron chi connectivity index (χ4n) is 2.19. The van der Waals surface area contributed by atoms with Gasteiger partial charge in [-0.1, -0.05) is 17.7 Å². The van der Waals surface area contributed by atoms with Crippen LogP contribution in [0.3, 0.4) is 0 Å². The molecule has 0 heterocycles. The summed E-state index contributed by atoms with van der Waals surface area (Å²) < 4.78 is 19.0. The highest BCUT2D eigenvalue weighted by Crippen LogP contribution is 2.27. The van der Waals surface area contributed by atoms with E-state index >= 15 is 0 Å². The molecule has 0 aromatic heterocycles. The molecule has 2 rings (SSSR count). The third-order valence-electron chi connectivity index (χ3n) is 3.35. The lowest BCUT2D eigenvalue weighted by Gasteiger charge is -2.17. The van der Waals surface area contributed by atoms with Crippen molar-refractivity contribution >= 4 is 5.69 Å². The van der Waals surface area contributed by atoms with Crippen LogP contribution in [0.5, 0.6) is 5.75 Å². The first-order valence-corrected chi connectivity index (χ1v) is 6.84. The second kappa shape index (κ2) is 6.59. The zero-order chi connectivity index (χ0) is 15.4. The van der Waals surface area contributed by atoms with Gasteiger partial charge >= 0.3 is 0 Å². The molecule has 1 atom stereocenters. The fourth-order valence-corrected chi connectivity index (χ4v) is 2.19. The molecule has 0 bridgehead atoms. The highest BCUT2D eigenvalue weighted by molar-refractivity contribution is 5.47. The number of methoxy groups -OCH3 is 1. The number of hydrogen-bond acceptors (Lipinski definition) is 3. The summed E-state index contributed by atoms with van der Waals surface area (Å²) in [5.74, 6) is 0.303. The number of aryl methyl sites for hydroxylation is 2. The van der Waals surface area contributed by atoms with E-state index in [9.17, 15) is 9.50 Å². The molecule has 0 aliphatic carbocycles. The normalized spacial score (nSPS) is 12.0. The van der Waals surface area contributed by atoms with Crippen LogP contribution in [0.1, 0.15) is 22.8 Å². The minimum atomic E-state index is -0.777. The number of nitrogens with one attached hydrogen (secondary N) is 1. The van der Waals surface area contributed by atoms with Crippen LogP contribution in [0.4, 0.5) is 10.1 Å². The number of ether oxygens (including phenoxy) is 1. The van der Waals surface area contributed by atoms with Gasteiger partial charge in [-0.3, -0.25) is 0 Å². The topological polar surface area (TPSA) is 41.5 Å². The van der Waals surface area contributed by atoms with E-state index in [4.69, 9.17) is 4.74 Å². The Morgan fingerprint density at radius 3 is 2.48 bits per heavy atom. The molecule has 0 radical (unpaired) electrons. The van der Waals surface area contributed by atoms with Crippen molar-refractivity contribution in [1.29, 1.82) is 0 Å². The van der Waals surface area contributed by atoms with E-state index in [2.05, 4.69) is 5.32 Å². The van der Waals surface area contributed by atoms with Crippen molar-refractivity contribution in [2.75, 3.05) is 19.0 Å². The molecule has 0 aliphatic heterocycles. The first-order chi connectivity index (χ1) is 10.0. The molecule has 1 unspecified atom stereocenters. The number of rotatable bonds is 5. The molecule has 21 heavy (non-hydrogen) atoms. The molecular formula is C17H20FNO2. The molecule has 112 valence electrons. The number of benzene rings is 2. The van der Waals surface area contributed by atoms with Gasteiger partial charge in [0.1, 0.15) is 11.6 Å². The third-order valence-corrected chi connectivity index (χ3v) is 3.35. The van der Waals surface area contributed by atoms with E-state index in [0.29, 0.717) is 17.0 Å². The Bertz CT molecular complexity index is 628. The second-order valence-corrected chi connectivity index (χ2v) is 5.13. The summed E-state index contributed by atoms with van der Waals surface area (Å²) in [4.78, 5) is 0. The van der Waals surface area contributed by atoms with Crippen molar-refractivity contribution in [1.82, 2.24) is 0 Å². The summed E-state index contributed by atoms with van der Waals surface area (Å²) in [5, 5.41) is 13.2. The van der Waals surface area contributed by atoms with E-state index in [1.807, 2.05) is 38.1 Å². The molecular weight excluding hydrogens is 269 g/mol. The van der Waals surface area contributed by atoms with Crippen molar-refractivity contribution in [2.45, 2.75) is 20.0 Å². The first-order valence-electron chi connectivity index (χ1n) is 6.84. The maximum absolute atomic E-state index is 13.7. The van der Waals surface area contributed by atoms with Crippen LogP contribution >= 0.6 is 0 Å². The van der Waals surface area contributed by atoms with Gasteiger partial charge in [-0.15, -0.1) is 0 Å². The lowest BCUT2D eigenvalue weighted by atomic mass is 10.0. The molecule has 0 spiro atoms. The number of anilines is 1. The summed E-state index contributed by atoms with van der Waals surface area (Å²) >= 11 is 0. The average molecular weight is 289 g/mol. The molecule has 0 saturated carbocycles. The minimum absolute atomic E-state index is 0.208. The van der Waals surface area contributed by atoms with E-state index in [0.717, 1.165) is 11.1 Å². The number of aliphatic hydroxyl groups is 1. The van der Waals surface area contributed by atoms with Gasteiger partial charge in [-0.25, -0.2) is 4.39 Å². The summed E-state index contributed by atoms with van der Waals surface area (Å²) in [6.45, 7) is 3.99. The fraction of sp³-hybridized carbons (Fsp3) is 0.294. The summed E-state index contributed by atoms with van der Waals surface area (Å²) in [7, 11) is 1.56. The van der Waals surface area contributed by atoms with Gasteiger partial charge in [0.05, 0.1) is 18.9 Å². The van der Waals surface area contributed by atoms with Gasteiger partial charge in [-0.2, -0.15) is 0 Å². The summed E-state index contributed by atoms with van der Waals surface area (Å²) in [5.41, 5.74) is 2.97. The number of hydrogen-bond donors (Lipinski definition) is 2. The third kappa shape index (κ3) is 3.73. The zero-order valence-electron chi connectivity index (χ0n) is 12.5. The maximum Gasteiger partial charge on any atom is 0.146 e. The van der Waals surface area contributed by atoms with Gasteiger partial charge in [0.15, 0.2) is 0 Å². The lowest BCUT2D eigenvalue weighted by Crippen LogP contribution is -2.14. The molecule has 4 heteroatoms. The van der Waals surface area contributed by atoms with Crippen LogP contribution < -0.4 is 10.1 Å². The van der Waals surface area contributed by atoms with Crippen molar-refractivity contribution in [2.24, 2.45) is 0 Å². The van der Waals surface area contributed by atoms with Gasteiger partial charge in [0.2, 0.25) is 0 Å². The van der Waals surface area contributed by atoms with Gasteiger partial charge in [-0.05, 0) is 43.7 Å². The molecule has 0 fully saturated rings. The summed E-state index contributed by atoms with van der Waals surface area (Å²) in [6.07, 6.45) is -0.777. The van der Waals surface area contributed by atoms with E-state index in [1.165, 1.54) is 6.07 Å². The van der Waals surface area contributed by atoms with Gasteiger partial charge in [0, 0.05) is 12.1 Å². The molecule has 0 amide bonds. The average Bonchev–Trinajstić information content (AvgIpc) is 2.46. The smallest absolute Gasteiger partial charge is 0.146 e. The molecule has 2 N–H and O–H groups in total. The minimum Gasteiger partial charge on any atom is -0.496 e. The predicted molar refractivity (Wildman–Crippen MR) is 82.3 cm³/mol. The van der Waals surface area contributed by atoms with Crippen LogP contribution in [-0.2, 0) is 0 Å². The largest absolute Gasteiger partial charge is 0.496 e. The van der Waals surface area contributed by atoms with Crippen molar-refractivity contribution in [3.8, 4) is 5.75 Å². The van der Waals surface area contributed by atoms with E-state index < -0.39 is 6.10 Å². The first kappa shape index (κ1) is 15.3. The van der Waals surface area contributed by atoms with Gasteiger partial charge < -0.3 is 15.2 Å². The SMILES string of the molecule is COc1ccc(C)cc1C(O)CNc1ccc(C)cc1F. The van der Waals surface area contributed by atoms with Crippen LogP contribution in [0.2, 0.25) is 0 Å². The van der Waals surface area contributed by atoms with Crippen LogP contribution in [0.15, 0.2) is 36.4 Å². The molecule has 3 nitrogen and oxygen atoms in total. The predicted octanol–water partition coefficient (Wildman–Crippen LogP) is 3.60. The maximum atomic E-state index is 13.7.